The number of hydrogen-bond donors (Lipinski definition) is 0. The lowest BCUT2D eigenvalue weighted by Crippen LogP contribution is -1.85. The van der Waals surface area contributed by atoms with Gasteiger partial charge in [0.05, 0.1) is 0 Å². The fourth-order valence-electron chi connectivity index (χ4n) is 1.90. The minimum absolute atomic E-state index is 0.885. The molecule has 0 saturated heterocycles. The Labute approximate surface area is 111 Å². The SMILES string of the molecule is C=CC/C(C=C(C)C)=C\c1cc(C)ccc1C=C. The van der Waals surface area contributed by atoms with E-state index >= 15 is 0 Å². The molecule has 0 N–H and O–H groups in total. The van der Waals surface area contributed by atoms with Crippen LogP contribution in [-0.4, -0.2) is 0 Å². The van der Waals surface area contributed by atoms with Crippen molar-refractivity contribution >= 4 is 12.2 Å². The molecule has 1 rings (SSSR count). The summed E-state index contributed by atoms with van der Waals surface area (Å²) >= 11 is 0. The molecule has 94 valence electrons. The van der Waals surface area contributed by atoms with E-state index in [1.165, 1.54) is 27.8 Å². The van der Waals surface area contributed by atoms with Gasteiger partial charge in [-0.1, -0.05) is 60.2 Å². The number of benzene rings is 1. The van der Waals surface area contributed by atoms with Gasteiger partial charge in [-0.05, 0) is 43.9 Å². The van der Waals surface area contributed by atoms with Gasteiger partial charge < -0.3 is 0 Å². The van der Waals surface area contributed by atoms with Crippen LogP contribution < -0.4 is 0 Å². The van der Waals surface area contributed by atoms with Crippen LogP contribution in [0.3, 0.4) is 0 Å². The van der Waals surface area contributed by atoms with Crippen molar-refractivity contribution in [1.82, 2.24) is 0 Å². The predicted octanol–water partition coefficient (Wildman–Crippen LogP) is 5.56. The summed E-state index contributed by atoms with van der Waals surface area (Å²) in [5, 5.41) is 0. The summed E-state index contributed by atoms with van der Waals surface area (Å²) in [4.78, 5) is 0. The Hall–Kier alpha value is -1.82. The van der Waals surface area contributed by atoms with Gasteiger partial charge in [0.2, 0.25) is 0 Å². The van der Waals surface area contributed by atoms with E-state index in [-0.39, 0.29) is 0 Å². The standard InChI is InChI=1S/C18H22/c1-6-8-16(11-14(3)4)13-18-12-15(5)9-10-17(18)7-2/h6-7,9-13H,1-2,8H2,3-5H3/b16-13+. The molecule has 18 heavy (non-hydrogen) atoms. The fourth-order valence-corrected chi connectivity index (χ4v) is 1.90. The lowest BCUT2D eigenvalue weighted by Gasteiger charge is -2.06. The first-order valence-corrected chi connectivity index (χ1v) is 6.26. The van der Waals surface area contributed by atoms with Crippen LogP contribution in [0.5, 0.6) is 0 Å². The summed E-state index contributed by atoms with van der Waals surface area (Å²) in [6.45, 7) is 14.0. The first-order chi connectivity index (χ1) is 8.56. The summed E-state index contributed by atoms with van der Waals surface area (Å²) in [6, 6.07) is 6.42. The molecule has 0 heteroatoms. The van der Waals surface area contributed by atoms with Gasteiger partial charge in [0.15, 0.2) is 0 Å². The minimum Gasteiger partial charge on any atom is -0.103 e. The lowest BCUT2D eigenvalue weighted by atomic mass is 10.00. The highest BCUT2D eigenvalue weighted by Crippen LogP contribution is 2.19. The van der Waals surface area contributed by atoms with E-state index in [0.717, 1.165) is 6.42 Å². The van der Waals surface area contributed by atoms with E-state index in [1.54, 1.807) is 0 Å². The third kappa shape index (κ3) is 4.21. The van der Waals surface area contributed by atoms with E-state index in [0.29, 0.717) is 0 Å². The molecule has 0 radical (unpaired) electrons. The third-order valence-corrected chi connectivity index (χ3v) is 2.66. The highest BCUT2D eigenvalue weighted by Gasteiger charge is 1.99. The summed E-state index contributed by atoms with van der Waals surface area (Å²) in [7, 11) is 0. The largest absolute Gasteiger partial charge is 0.103 e. The van der Waals surface area contributed by atoms with Crippen LogP contribution in [0.4, 0.5) is 0 Å². The van der Waals surface area contributed by atoms with Gasteiger partial charge in [0.25, 0.3) is 0 Å². The van der Waals surface area contributed by atoms with Crippen LogP contribution in [0.25, 0.3) is 12.2 Å². The van der Waals surface area contributed by atoms with Crippen molar-refractivity contribution in [3.63, 3.8) is 0 Å². The Morgan fingerprint density at radius 3 is 2.44 bits per heavy atom. The molecule has 1 aromatic carbocycles. The van der Waals surface area contributed by atoms with Crippen LogP contribution in [0, 0.1) is 6.92 Å². The molecular formula is C18H22. The van der Waals surface area contributed by atoms with Gasteiger partial charge in [-0.2, -0.15) is 0 Å². The molecule has 0 amide bonds. The van der Waals surface area contributed by atoms with E-state index in [1.807, 2.05) is 12.2 Å². The molecule has 0 aliphatic rings. The first kappa shape index (κ1) is 14.2. The quantitative estimate of drug-likeness (QED) is 0.465. The van der Waals surface area contributed by atoms with Crippen LogP contribution in [0.2, 0.25) is 0 Å². The Morgan fingerprint density at radius 1 is 1.17 bits per heavy atom. The molecule has 0 spiro atoms. The first-order valence-electron chi connectivity index (χ1n) is 6.26. The molecule has 0 atom stereocenters. The van der Waals surface area contributed by atoms with Crippen LogP contribution in [-0.2, 0) is 0 Å². The van der Waals surface area contributed by atoms with Gasteiger partial charge >= 0.3 is 0 Å². The molecule has 1 aromatic rings. The predicted molar refractivity (Wildman–Crippen MR) is 83.5 cm³/mol. The van der Waals surface area contributed by atoms with Gasteiger partial charge in [-0.25, -0.2) is 0 Å². The Kier molecular flexibility index (Phi) is 5.38. The van der Waals surface area contributed by atoms with E-state index in [4.69, 9.17) is 0 Å². The zero-order valence-electron chi connectivity index (χ0n) is 11.7. The molecule has 0 nitrogen and oxygen atoms in total. The number of hydrogen-bond acceptors (Lipinski definition) is 0. The molecule has 0 heterocycles. The van der Waals surface area contributed by atoms with Gasteiger partial charge in [-0.15, -0.1) is 6.58 Å². The molecule has 0 aromatic heterocycles. The lowest BCUT2D eigenvalue weighted by molar-refractivity contribution is 1.27. The average Bonchev–Trinajstić information content (AvgIpc) is 2.28. The zero-order chi connectivity index (χ0) is 13.5. The number of aryl methyl sites for hydroxylation is 1. The van der Waals surface area contributed by atoms with E-state index in [9.17, 15) is 0 Å². The smallest absolute Gasteiger partial charge is 0.00999 e. The van der Waals surface area contributed by atoms with Crippen molar-refractivity contribution in [3.05, 3.63) is 71.3 Å². The molecule has 0 bridgehead atoms. The minimum atomic E-state index is 0.885. The summed E-state index contributed by atoms with van der Waals surface area (Å²) in [5.74, 6) is 0. The van der Waals surface area contributed by atoms with Crippen molar-refractivity contribution in [2.75, 3.05) is 0 Å². The highest BCUT2D eigenvalue weighted by atomic mass is 14.0. The summed E-state index contributed by atoms with van der Waals surface area (Å²) in [5.41, 5.74) is 6.24. The Bertz CT molecular complexity index is 495. The van der Waals surface area contributed by atoms with Gasteiger partial charge in [0.1, 0.15) is 0 Å². The van der Waals surface area contributed by atoms with Crippen molar-refractivity contribution in [2.45, 2.75) is 27.2 Å². The van der Waals surface area contributed by atoms with Gasteiger partial charge in [-0.3, -0.25) is 0 Å². The Balaban J connectivity index is 3.25. The molecular weight excluding hydrogens is 216 g/mol. The molecule has 0 unspecified atom stereocenters. The van der Waals surface area contributed by atoms with Crippen LogP contribution in [0.1, 0.15) is 37.0 Å². The second-order valence-corrected chi connectivity index (χ2v) is 4.77. The van der Waals surface area contributed by atoms with Crippen molar-refractivity contribution in [2.24, 2.45) is 0 Å². The second-order valence-electron chi connectivity index (χ2n) is 4.77. The number of allylic oxidation sites excluding steroid dienone is 4. The molecule has 0 saturated carbocycles. The van der Waals surface area contributed by atoms with Gasteiger partial charge in [0, 0.05) is 0 Å². The van der Waals surface area contributed by atoms with E-state index < -0.39 is 0 Å². The molecule has 0 fully saturated rings. The maximum absolute atomic E-state index is 3.87. The average molecular weight is 238 g/mol. The van der Waals surface area contributed by atoms with Crippen molar-refractivity contribution in [3.8, 4) is 0 Å². The second kappa shape index (κ2) is 6.80. The maximum Gasteiger partial charge on any atom is -0.00999 e. The summed E-state index contributed by atoms with van der Waals surface area (Å²) < 4.78 is 0. The summed E-state index contributed by atoms with van der Waals surface area (Å²) in [6.07, 6.45) is 9.15. The zero-order valence-corrected chi connectivity index (χ0v) is 11.7. The normalized spacial score (nSPS) is 10.9. The Morgan fingerprint density at radius 2 is 1.89 bits per heavy atom. The highest BCUT2D eigenvalue weighted by molar-refractivity contribution is 5.68. The van der Waals surface area contributed by atoms with Crippen LogP contribution >= 0.6 is 0 Å². The monoisotopic (exact) mass is 238 g/mol. The van der Waals surface area contributed by atoms with Crippen LogP contribution in [0.15, 0.2) is 54.7 Å². The van der Waals surface area contributed by atoms with E-state index in [2.05, 4.69) is 64.3 Å². The fraction of sp³-hybridized carbons (Fsp3) is 0.222. The molecule has 0 aliphatic heterocycles. The van der Waals surface area contributed by atoms with Crippen molar-refractivity contribution in [1.29, 1.82) is 0 Å². The maximum atomic E-state index is 3.87. The topological polar surface area (TPSA) is 0 Å². The number of rotatable bonds is 5. The van der Waals surface area contributed by atoms with Crippen molar-refractivity contribution < 1.29 is 0 Å². The third-order valence-electron chi connectivity index (χ3n) is 2.66. The molecule has 0 aliphatic carbocycles.